The molecule has 0 bridgehead atoms. The fourth-order valence-corrected chi connectivity index (χ4v) is 3.41. The Morgan fingerprint density at radius 3 is 2.73 bits per heavy atom. The largest absolute Gasteiger partial charge is 0.508 e. The number of aromatic hydroxyl groups is 1. The van der Waals surface area contributed by atoms with Crippen LogP contribution in [0.1, 0.15) is 44.1 Å². The number of nitrogens with zero attached hydrogens (tertiary/aromatic N) is 1. The van der Waals surface area contributed by atoms with Crippen molar-refractivity contribution in [2.24, 2.45) is 17.6 Å². The van der Waals surface area contributed by atoms with Crippen LogP contribution in [0.5, 0.6) is 5.75 Å². The van der Waals surface area contributed by atoms with Crippen LogP contribution < -0.4 is 5.73 Å². The summed E-state index contributed by atoms with van der Waals surface area (Å²) in [5.41, 5.74) is 7.10. The zero-order valence-corrected chi connectivity index (χ0v) is 13.1. The zero-order chi connectivity index (χ0) is 15.5. The number of amides is 1. The van der Waals surface area contributed by atoms with Gasteiger partial charge in [0, 0.05) is 25.6 Å². The Bertz CT molecular complexity index is 528. The van der Waals surface area contributed by atoms with E-state index < -0.39 is 0 Å². The van der Waals surface area contributed by atoms with Crippen LogP contribution in [0.2, 0.25) is 0 Å². The van der Waals surface area contributed by atoms with Crippen molar-refractivity contribution in [3.05, 3.63) is 29.8 Å². The highest BCUT2D eigenvalue weighted by atomic mass is 16.3. The lowest BCUT2D eigenvalue weighted by molar-refractivity contribution is -0.133. The maximum atomic E-state index is 12.7. The third kappa shape index (κ3) is 4.01. The quantitative estimate of drug-likeness (QED) is 0.849. The predicted molar refractivity (Wildman–Crippen MR) is 86.2 cm³/mol. The van der Waals surface area contributed by atoms with E-state index in [4.69, 9.17) is 5.73 Å². The minimum Gasteiger partial charge on any atom is -0.508 e. The first kappa shape index (κ1) is 15.3. The van der Waals surface area contributed by atoms with Gasteiger partial charge in [0.15, 0.2) is 0 Å². The number of hydrogen-bond donors (Lipinski definition) is 2. The fraction of sp³-hybridized carbons (Fsp3) is 0.611. The number of nitrogens with two attached hydrogens (primary N) is 1. The van der Waals surface area contributed by atoms with E-state index in [9.17, 15) is 9.90 Å². The summed E-state index contributed by atoms with van der Waals surface area (Å²) in [4.78, 5) is 14.7. The summed E-state index contributed by atoms with van der Waals surface area (Å²) in [6.45, 7) is 1.43. The van der Waals surface area contributed by atoms with Gasteiger partial charge in [-0.1, -0.05) is 18.6 Å². The first-order valence-electron chi connectivity index (χ1n) is 8.43. The zero-order valence-electron chi connectivity index (χ0n) is 13.1. The Kier molecular flexibility index (Phi) is 4.67. The van der Waals surface area contributed by atoms with Gasteiger partial charge in [-0.05, 0) is 55.2 Å². The third-order valence-electron chi connectivity index (χ3n) is 4.97. The molecule has 1 aromatic rings. The van der Waals surface area contributed by atoms with Crippen LogP contribution in [0, 0.1) is 11.8 Å². The van der Waals surface area contributed by atoms with Gasteiger partial charge in [-0.25, -0.2) is 0 Å². The Balaban J connectivity index is 1.64. The number of carbonyl (C=O) groups excluding carboxylic acids is 1. The highest BCUT2D eigenvalue weighted by molar-refractivity contribution is 5.76. The molecule has 22 heavy (non-hydrogen) atoms. The monoisotopic (exact) mass is 302 g/mol. The van der Waals surface area contributed by atoms with Crippen LogP contribution in [0.4, 0.5) is 0 Å². The number of hydrogen-bond acceptors (Lipinski definition) is 3. The molecule has 0 aromatic heterocycles. The topological polar surface area (TPSA) is 66.6 Å². The van der Waals surface area contributed by atoms with Gasteiger partial charge in [0.25, 0.3) is 0 Å². The molecule has 1 aromatic carbocycles. The van der Waals surface area contributed by atoms with Crippen molar-refractivity contribution in [3.8, 4) is 5.75 Å². The van der Waals surface area contributed by atoms with Gasteiger partial charge >= 0.3 is 0 Å². The Morgan fingerprint density at radius 2 is 2.09 bits per heavy atom. The number of benzene rings is 1. The standard InChI is InChI=1S/C18H26N2O2/c19-17-6-2-4-15(17)10-18(22)20(11-13-7-8-13)12-14-3-1-5-16(21)9-14/h1,3,5,9,13,15,17,21H,2,4,6-8,10-12,19H2/t15-,17+/m0/s1. The molecule has 0 aliphatic heterocycles. The highest BCUT2D eigenvalue weighted by Crippen LogP contribution is 2.32. The molecule has 0 heterocycles. The molecule has 3 rings (SSSR count). The van der Waals surface area contributed by atoms with E-state index in [0.29, 0.717) is 24.8 Å². The number of carbonyl (C=O) groups is 1. The molecule has 0 unspecified atom stereocenters. The Labute approximate surface area is 132 Å². The molecule has 4 nitrogen and oxygen atoms in total. The summed E-state index contributed by atoms with van der Waals surface area (Å²) < 4.78 is 0. The molecule has 2 fully saturated rings. The molecule has 0 spiro atoms. The highest BCUT2D eigenvalue weighted by Gasteiger charge is 2.31. The second kappa shape index (κ2) is 6.69. The molecular formula is C18H26N2O2. The lowest BCUT2D eigenvalue weighted by atomic mass is 9.99. The van der Waals surface area contributed by atoms with Gasteiger partial charge in [-0.2, -0.15) is 0 Å². The normalized spacial score (nSPS) is 24.4. The molecule has 4 heteroatoms. The molecule has 1 amide bonds. The van der Waals surface area contributed by atoms with E-state index in [2.05, 4.69) is 0 Å². The lowest BCUT2D eigenvalue weighted by Crippen LogP contribution is -2.36. The molecular weight excluding hydrogens is 276 g/mol. The van der Waals surface area contributed by atoms with Crippen LogP contribution in [-0.4, -0.2) is 28.5 Å². The van der Waals surface area contributed by atoms with Crippen LogP contribution in [-0.2, 0) is 11.3 Å². The van der Waals surface area contributed by atoms with E-state index in [1.807, 2.05) is 17.0 Å². The second-order valence-corrected chi connectivity index (χ2v) is 6.95. The first-order valence-corrected chi connectivity index (χ1v) is 8.43. The fourth-order valence-electron chi connectivity index (χ4n) is 3.41. The van der Waals surface area contributed by atoms with Crippen molar-refractivity contribution < 1.29 is 9.90 Å². The summed E-state index contributed by atoms with van der Waals surface area (Å²) in [7, 11) is 0. The smallest absolute Gasteiger partial charge is 0.223 e. The second-order valence-electron chi connectivity index (χ2n) is 6.95. The molecule has 2 atom stereocenters. The van der Waals surface area contributed by atoms with Gasteiger partial charge in [0.1, 0.15) is 5.75 Å². The summed E-state index contributed by atoms with van der Waals surface area (Å²) in [6, 6.07) is 7.39. The van der Waals surface area contributed by atoms with Crippen molar-refractivity contribution in [1.29, 1.82) is 0 Å². The van der Waals surface area contributed by atoms with Crippen LogP contribution in [0.15, 0.2) is 24.3 Å². The van der Waals surface area contributed by atoms with Crippen molar-refractivity contribution in [2.45, 2.75) is 51.1 Å². The van der Waals surface area contributed by atoms with Gasteiger partial charge in [-0.3, -0.25) is 4.79 Å². The van der Waals surface area contributed by atoms with Crippen LogP contribution in [0.3, 0.4) is 0 Å². The maximum absolute atomic E-state index is 12.7. The summed E-state index contributed by atoms with van der Waals surface area (Å²) in [6.07, 6.45) is 6.31. The molecule has 120 valence electrons. The van der Waals surface area contributed by atoms with E-state index in [-0.39, 0.29) is 17.7 Å². The Hall–Kier alpha value is -1.55. The van der Waals surface area contributed by atoms with Gasteiger partial charge < -0.3 is 15.7 Å². The van der Waals surface area contributed by atoms with Gasteiger partial charge in [-0.15, -0.1) is 0 Å². The maximum Gasteiger partial charge on any atom is 0.223 e. The molecule has 0 radical (unpaired) electrons. The molecule has 2 aliphatic rings. The first-order chi connectivity index (χ1) is 10.6. The predicted octanol–water partition coefficient (Wildman–Crippen LogP) is 2.65. The van der Waals surface area contributed by atoms with Crippen LogP contribution in [0.25, 0.3) is 0 Å². The van der Waals surface area contributed by atoms with E-state index in [0.717, 1.165) is 31.4 Å². The van der Waals surface area contributed by atoms with Crippen LogP contribution >= 0.6 is 0 Å². The summed E-state index contributed by atoms with van der Waals surface area (Å²) in [5.74, 6) is 1.49. The summed E-state index contributed by atoms with van der Waals surface area (Å²) in [5, 5.41) is 9.60. The molecule has 2 saturated carbocycles. The van der Waals surface area contributed by atoms with Crippen molar-refractivity contribution in [1.82, 2.24) is 4.90 Å². The average molecular weight is 302 g/mol. The van der Waals surface area contributed by atoms with Gasteiger partial charge in [0.2, 0.25) is 5.91 Å². The SMILES string of the molecule is N[C@@H]1CCC[C@H]1CC(=O)N(Cc1cccc(O)c1)CC1CC1. The minimum absolute atomic E-state index is 0.187. The average Bonchev–Trinajstić information content (AvgIpc) is 3.21. The molecule has 2 aliphatic carbocycles. The molecule has 3 N–H and O–H groups in total. The Morgan fingerprint density at radius 1 is 1.27 bits per heavy atom. The summed E-state index contributed by atoms with van der Waals surface area (Å²) >= 11 is 0. The van der Waals surface area contributed by atoms with E-state index in [1.165, 1.54) is 12.8 Å². The minimum atomic E-state index is 0.187. The van der Waals surface area contributed by atoms with Crippen molar-refractivity contribution in [2.75, 3.05) is 6.54 Å². The number of phenols is 1. The van der Waals surface area contributed by atoms with Gasteiger partial charge in [0.05, 0.1) is 0 Å². The van der Waals surface area contributed by atoms with E-state index >= 15 is 0 Å². The van der Waals surface area contributed by atoms with Crippen molar-refractivity contribution in [3.63, 3.8) is 0 Å². The lowest BCUT2D eigenvalue weighted by Gasteiger charge is -2.25. The number of rotatable bonds is 6. The molecule has 0 saturated heterocycles. The third-order valence-corrected chi connectivity index (χ3v) is 4.97. The van der Waals surface area contributed by atoms with Crippen molar-refractivity contribution >= 4 is 5.91 Å². The number of phenolic OH excluding ortho intramolecular Hbond substituents is 1. The van der Waals surface area contributed by atoms with E-state index in [1.54, 1.807) is 12.1 Å².